The summed E-state index contributed by atoms with van der Waals surface area (Å²) in [6, 6.07) is 7.08. The molecule has 208 valence electrons. The van der Waals surface area contributed by atoms with Gasteiger partial charge in [-0.25, -0.2) is 4.52 Å². The number of aromatic amines is 1. The number of hydrogen-bond acceptors (Lipinski definition) is 5. The molecule has 2 aromatic heterocycles. The predicted molar refractivity (Wildman–Crippen MR) is 151 cm³/mol. The van der Waals surface area contributed by atoms with Gasteiger partial charge in [0, 0.05) is 21.8 Å². The molecule has 0 bridgehead atoms. The van der Waals surface area contributed by atoms with E-state index in [9.17, 15) is 9.59 Å². The third-order valence-electron chi connectivity index (χ3n) is 7.10. The molecule has 2 amide bonds. The van der Waals surface area contributed by atoms with Crippen LogP contribution in [-0.2, 0) is 20.4 Å². The highest BCUT2D eigenvalue weighted by molar-refractivity contribution is 6.34. The van der Waals surface area contributed by atoms with Crippen LogP contribution in [0.4, 0.5) is 5.69 Å². The first-order valence-corrected chi connectivity index (χ1v) is 13.2. The van der Waals surface area contributed by atoms with Crippen molar-refractivity contribution in [2.24, 2.45) is 5.41 Å². The van der Waals surface area contributed by atoms with Gasteiger partial charge in [-0.05, 0) is 32.9 Å². The number of H-pyrrole nitrogens is 1. The molecule has 9 nitrogen and oxygen atoms in total. The fourth-order valence-electron chi connectivity index (χ4n) is 3.78. The minimum absolute atomic E-state index is 0.146. The van der Waals surface area contributed by atoms with Crippen molar-refractivity contribution < 1.29 is 14.3 Å². The van der Waals surface area contributed by atoms with E-state index < -0.39 is 22.5 Å². The summed E-state index contributed by atoms with van der Waals surface area (Å²) in [7, 11) is 0. The Labute approximate surface area is 230 Å². The smallest absolute Gasteiger partial charge is 0.261 e. The van der Waals surface area contributed by atoms with Crippen LogP contribution in [0.15, 0.2) is 24.3 Å². The third kappa shape index (κ3) is 5.67. The van der Waals surface area contributed by atoms with Gasteiger partial charge in [-0.1, -0.05) is 79.1 Å². The molecule has 1 unspecified atom stereocenters. The summed E-state index contributed by atoms with van der Waals surface area (Å²) in [6.07, 6.45) is -0.830. The van der Waals surface area contributed by atoms with Gasteiger partial charge in [-0.2, -0.15) is 0 Å². The van der Waals surface area contributed by atoms with Crippen molar-refractivity contribution in [3.05, 3.63) is 40.8 Å². The highest BCUT2D eigenvalue weighted by atomic mass is 35.5. The Balaban J connectivity index is 1.82. The number of nitrogens with one attached hydrogen (secondary N) is 3. The summed E-state index contributed by atoms with van der Waals surface area (Å²) in [5.41, 5.74) is -0.285. The van der Waals surface area contributed by atoms with Gasteiger partial charge in [0.15, 0.2) is 17.6 Å². The van der Waals surface area contributed by atoms with Crippen LogP contribution in [0.1, 0.15) is 87.7 Å². The quantitative estimate of drug-likeness (QED) is 0.356. The van der Waals surface area contributed by atoms with Gasteiger partial charge in [-0.3, -0.25) is 14.7 Å². The number of fused-ring (bicyclic) bond motifs is 1. The second-order valence-corrected chi connectivity index (χ2v) is 13.3. The molecule has 3 N–H and O–H groups in total. The summed E-state index contributed by atoms with van der Waals surface area (Å²) in [5.74, 6) is 0.603. The van der Waals surface area contributed by atoms with E-state index in [1.807, 2.05) is 48.5 Å². The second-order valence-electron chi connectivity index (χ2n) is 12.9. The Morgan fingerprint density at radius 3 is 2.18 bits per heavy atom. The summed E-state index contributed by atoms with van der Waals surface area (Å²) in [4.78, 5) is 25.8. The van der Waals surface area contributed by atoms with Crippen molar-refractivity contribution in [1.29, 1.82) is 0 Å². The zero-order valence-electron chi connectivity index (χ0n) is 24.3. The van der Waals surface area contributed by atoms with Crippen LogP contribution < -0.4 is 15.4 Å². The Bertz CT molecular complexity index is 1340. The number of ether oxygens (including phenoxy) is 1. The number of amides is 2. The SMILES string of the molecule is CC(Oc1ccccc1NC(=O)C(C)(C)C)C(=O)NC(C)(C)C(C)(C)c1nnc2c(Cl)c(C(C)(C)C)[nH]n12. The maximum atomic E-state index is 13.3. The van der Waals surface area contributed by atoms with Crippen LogP contribution in [0, 0.1) is 5.41 Å². The predicted octanol–water partition coefficient (Wildman–Crippen LogP) is 5.63. The van der Waals surface area contributed by atoms with Crippen molar-refractivity contribution in [3.8, 4) is 5.75 Å². The van der Waals surface area contributed by atoms with Crippen molar-refractivity contribution in [1.82, 2.24) is 25.1 Å². The molecule has 2 heterocycles. The molecule has 3 rings (SSSR count). The van der Waals surface area contributed by atoms with Crippen molar-refractivity contribution in [2.75, 3.05) is 5.32 Å². The van der Waals surface area contributed by atoms with Crippen molar-refractivity contribution in [2.45, 2.75) is 98.6 Å². The largest absolute Gasteiger partial charge is 0.479 e. The van der Waals surface area contributed by atoms with Gasteiger partial charge in [0.25, 0.3) is 5.91 Å². The number of nitrogens with zero attached hydrogens (tertiary/aromatic N) is 3. The van der Waals surface area contributed by atoms with Gasteiger partial charge in [0.1, 0.15) is 10.8 Å². The van der Waals surface area contributed by atoms with Crippen LogP contribution in [0.5, 0.6) is 5.75 Å². The Morgan fingerprint density at radius 2 is 1.61 bits per heavy atom. The maximum absolute atomic E-state index is 13.3. The van der Waals surface area contributed by atoms with Gasteiger partial charge < -0.3 is 15.4 Å². The van der Waals surface area contributed by atoms with Crippen LogP contribution >= 0.6 is 11.6 Å². The number of aromatic nitrogens is 4. The molecule has 0 aliphatic rings. The summed E-state index contributed by atoms with van der Waals surface area (Å²) in [5, 5.41) is 18.7. The molecular formula is C28H41ClN6O3. The molecule has 10 heteroatoms. The van der Waals surface area contributed by atoms with Crippen molar-refractivity contribution in [3.63, 3.8) is 0 Å². The highest BCUT2D eigenvalue weighted by Gasteiger charge is 2.44. The summed E-state index contributed by atoms with van der Waals surface area (Å²) >= 11 is 6.62. The molecule has 1 aromatic carbocycles. The number of carbonyl (C=O) groups excluding carboxylic acids is 2. The van der Waals surface area contributed by atoms with E-state index in [1.165, 1.54) is 0 Å². The summed E-state index contributed by atoms with van der Waals surface area (Å²) < 4.78 is 7.81. The van der Waals surface area contributed by atoms with E-state index in [2.05, 4.69) is 46.7 Å². The topological polar surface area (TPSA) is 113 Å². The lowest BCUT2D eigenvalue weighted by Gasteiger charge is -2.41. The molecule has 0 aliphatic heterocycles. The van der Waals surface area contributed by atoms with Crippen LogP contribution in [0.25, 0.3) is 5.65 Å². The van der Waals surface area contributed by atoms with Crippen LogP contribution in [0.3, 0.4) is 0 Å². The first kappa shape index (κ1) is 29.5. The Morgan fingerprint density at radius 1 is 1.00 bits per heavy atom. The van der Waals surface area contributed by atoms with E-state index in [4.69, 9.17) is 16.3 Å². The van der Waals surface area contributed by atoms with Gasteiger partial charge in [0.2, 0.25) is 5.91 Å². The Hall–Kier alpha value is -3.07. The zero-order valence-corrected chi connectivity index (χ0v) is 25.1. The van der Waals surface area contributed by atoms with Gasteiger partial charge in [0.05, 0.1) is 11.4 Å². The number of hydrogen-bond donors (Lipinski definition) is 3. The average Bonchev–Trinajstić information content (AvgIpc) is 3.34. The molecule has 0 fully saturated rings. The van der Waals surface area contributed by atoms with Crippen LogP contribution in [-0.4, -0.2) is 43.3 Å². The van der Waals surface area contributed by atoms with E-state index in [1.54, 1.807) is 35.7 Å². The second kappa shape index (κ2) is 9.91. The number of halogens is 1. The molecule has 0 radical (unpaired) electrons. The number of anilines is 1. The Kier molecular flexibility index (Phi) is 7.69. The van der Waals surface area contributed by atoms with Gasteiger partial charge in [-0.15, -0.1) is 10.2 Å². The van der Waals surface area contributed by atoms with E-state index in [0.717, 1.165) is 5.69 Å². The zero-order chi connectivity index (χ0) is 28.8. The molecule has 0 spiro atoms. The monoisotopic (exact) mass is 544 g/mol. The standard InChI is InChI=1S/C28H41ClN6O3/c1-16(38-18-15-13-12-14-17(18)30-24(37)26(5,6)7)22(36)31-28(10,11)27(8,9)23-33-32-21-19(29)20(25(2,3)4)34-35(21)23/h12-16,34H,1-11H3,(H,30,37)(H,31,36). The molecule has 38 heavy (non-hydrogen) atoms. The number of carbonyl (C=O) groups is 2. The highest BCUT2D eigenvalue weighted by Crippen LogP contribution is 2.37. The van der Waals surface area contributed by atoms with E-state index in [0.29, 0.717) is 27.9 Å². The third-order valence-corrected chi connectivity index (χ3v) is 7.46. The molecule has 0 saturated carbocycles. The fraction of sp³-hybridized carbons (Fsp3) is 0.571. The molecule has 0 aliphatic carbocycles. The number of para-hydroxylation sites is 2. The molecule has 3 aromatic rings. The van der Waals surface area contributed by atoms with Crippen LogP contribution in [0.2, 0.25) is 5.02 Å². The summed E-state index contributed by atoms with van der Waals surface area (Å²) in [6.45, 7) is 21.3. The minimum Gasteiger partial charge on any atom is -0.479 e. The number of benzene rings is 1. The minimum atomic E-state index is -0.830. The lowest BCUT2D eigenvalue weighted by Crippen LogP contribution is -2.58. The number of rotatable bonds is 7. The molecular weight excluding hydrogens is 504 g/mol. The molecule has 1 atom stereocenters. The molecule has 0 saturated heterocycles. The van der Waals surface area contributed by atoms with Crippen molar-refractivity contribution >= 4 is 34.7 Å². The fourth-order valence-corrected chi connectivity index (χ4v) is 4.23. The van der Waals surface area contributed by atoms with E-state index in [-0.39, 0.29) is 17.2 Å². The van der Waals surface area contributed by atoms with E-state index >= 15 is 0 Å². The first-order chi connectivity index (χ1) is 17.3. The maximum Gasteiger partial charge on any atom is 0.261 e. The lowest BCUT2D eigenvalue weighted by molar-refractivity contribution is -0.129. The van der Waals surface area contributed by atoms with Gasteiger partial charge >= 0.3 is 0 Å². The average molecular weight is 545 g/mol. The lowest BCUT2D eigenvalue weighted by atomic mass is 9.73. The first-order valence-electron chi connectivity index (χ1n) is 12.8. The normalized spacial score (nSPS) is 13.9.